The number of nitrogens with one attached hydrogen (secondary N) is 1. The molecule has 0 aliphatic heterocycles. The van der Waals surface area contributed by atoms with Crippen molar-refractivity contribution in [2.45, 2.75) is 20.4 Å². The number of benzene rings is 2. The van der Waals surface area contributed by atoms with Crippen LogP contribution in [0.4, 0.5) is 5.69 Å². The van der Waals surface area contributed by atoms with Crippen LogP contribution in [0.5, 0.6) is 0 Å². The maximum atomic E-state index is 12.5. The van der Waals surface area contributed by atoms with Crippen LogP contribution < -0.4 is 5.32 Å². The molecular weight excluding hydrogens is 276 g/mol. The average Bonchev–Trinajstić information content (AvgIpc) is 2.48. The molecule has 0 aromatic heterocycles. The third-order valence-corrected chi connectivity index (χ3v) is 3.32. The van der Waals surface area contributed by atoms with Crippen LogP contribution in [-0.2, 0) is 11.3 Å². The Morgan fingerprint density at radius 1 is 1.09 bits per heavy atom. The Morgan fingerprint density at radius 2 is 1.77 bits per heavy atom. The zero-order chi connectivity index (χ0) is 16.1. The molecule has 1 N–H and O–H groups in total. The third-order valence-electron chi connectivity index (χ3n) is 3.32. The number of carbonyl (C=O) groups excluding carboxylic acids is 2. The fourth-order valence-corrected chi connectivity index (χ4v) is 2.19. The molecule has 0 saturated heterocycles. The minimum atomic E-state index is -0.155. The van der Waals surface area contributed by atoms with Gasteiger partial charge in [0.1, 0.15) is 0 Å². The highest BCUT2D eigenvalue weighted by Crippen LogP contribution is 2.14. The minimum Gasteiger partial charge on any atom is -0.337 e. The standard InChI is InChI=1S/C18H20N2O2/c1-13-7-9-15(10-8-13)12-20(3)18(22)16-5-4-6-17(11-16)19-14(2)21/h4-11H,12H2,1-3H3,(H,19,21). The molecule has 4 heteroatoms. The summed E-state index contributed by atoms with van der Waals surface area (Å²) in [4.78, 5) is 25.2. The predicted octanol–water partition coefficient (Wildman–Crippen LogP) is 3.23. The topological polar surface area (TPSA) is 49.4 Å². The molecular formula is C18H20N2O2. The predicted molar refractivity (Wildman–Crippen MR) is 87.7 cm³/mol. The van der Waals surface area contributed by atoms with Crippen LogP contribution in [0.2, 0.25) is 0 Å². The van der Waals surface area contributed by atoms with Crippen molar-refractivity contribution in [2.24, 2.45) is 0 Å². The normalized spacial score (nSPS) is 10.1. The van der Waals surface area contributed by atoms with Crippen molar-refractivity contribution in [1.29, 1.82) is 0 Å². The molecule has 2 aromatic rings. The highest BCUT2D eigenvalue weighted by Gasteiger charge is 2.12. The van der Waals surface area contributed by atoms with Crippen LogP contribution in [0, 0.1) is 6.92 Å². The van der Waals surface area contributed by atoms with Crippen LogP contribution in [0.3, 0.4) is 0 Å². The summed E-state index contributed by atoms with van der Waals surface area (Å²) in [7, 11) is 1.77. The van der Waals surface area contributed by atoms with Gasteiger partial charge in [-0.05, 0) is 30.7 Å². The second-order valence-corrected chi connectivity index (χ2v) is 5.41. The van der Waals surface area contributed by atoms with Gasteiger partial charge in [-0.3, -0.25) is 9.59 Å². The Kier molecular flexibility index (Phi) is 4.94. The molecule has 0 aliphatic rings. The van der Waals surface area contributed by atoms with Gasteiger partial charge in [0.05, 0.1) is 0 Å². The second-order valence-electron chi connectivity index (χ2n) is 5.41. The quantitative estimate of drug-likeness (QED) is 0.941. The number of nitrogens with zero attached hydrogens (tertiary/aromatic N) is 1. The second kappa shape index (κ2) is 6.89. The van der Waals surface area contributed by atoms with E-state index < -0.39 is 0 Å². The number of hydrogen-bond acceptors (Lipinski definition) is 2. The molecule has 22 heavy (non-hydrogen) atoms. The van der Waals surface area contributed by atoms with Crippen molar-refractivity contribution in [1.82, 2.24) is 4.90 Å². The van der Waals surface area contributed by atoms with Gasteiger partial charge >= 0.3 is 0 Å². The Hall–Kier alpha value is -2.62. The van der Waals surface area contributed by atoms with E-state index in [1.165, 1.54) is 12.5 Å². The van der Waals surface area contributed by atoms with Gasteiger partial charge in [-0.15, -0.1) is 0 Å². The smallest absolute Gasteiger partial charge is 0.253 e. The van der Waals surface area contributed by atoms with E-state index >= 15 is 0 Å². The molecule has 0 aliphatic carbocycles. The number of rotatable bonds is 4. The average molecular weight is 296 g/mol. The fraction of sp³-hybridized carbons (Fsp3) is 0.222. The molecule has 0 saturated carbocycles. The summed E-state index contributed by atoms with van der Waals surface area (Å²) in [5.74, 6) is -0.231. The van der Waals surface area contributed by atoms with Gasteiger partial charge in [0.25, 0.3) is 5.91 Å². The lowest BCUT2D eigenvalue weighted by Gasteiger charge is -2.18. The molecule has 0 bridgehead atoms. The lowest BCUT2D eigenvalue weighted by atomic mass is 10.1. The number of amides is 2. The van der Waals surface area contributed by atoms with E-state index in [1.54, 1.807) is 36.2 Å². The number of aryl methyl sites for hydroxylation is 1. The van der Waals surface area contributed by atoms with Crippen molar-refractivity contribution >= 4 is 17.5 Å². The minimum absolute atomic E-state index is 0.0761. The summed E-state index contributed by atoms with van der Waals surface area (Å²) in [6.07, 6.45) is 0. The molecule has 0 unspecified atom stereocenters. The van der Waals surface area contributed by atoms with Gasteiger partial charge in [-0.1, -0.05) is 35.9 Å². The summed E-state index contributed by atoms with van der Waals surface area (Å²) < 4.78 is 0. The largest absolute Gasteiger partial charge is 0.337 e. The summed E-state index contributed by atoms with van der Waals surface area (Å²) in [5.41, 5.74) is 3.46. The highest BCUT2D eigenvalue weighted by atomic mass is 16.2. The molecule has 0 radical (unpaired) electrons. The van der Waals surface area contributed by atoms with Crippen LogP contribution >= 0.6 is 0 Å². The zero-order valence-corrected chi connectivity index (χ0v) is 13.1. The Balaban J connectivity index is 2.09. The van der Waals surface area contributed by atoms with Gasteiger partial charge in [0.15, 0.2) is 0 Å². The summed E-state index contributed by atoms with van der Waals surface area (Å²) >= 11 is 0. The van der Waals surface area contributed by atoms with Crippen molar-refractivity contribution in [3.63, 3.8) is 0 Å². The zero-order valence-electron chi connectivity index (χ0n) is 13.1. The Labute approximate surface area is 130 Å². The molecule has 0 atom stereocenters. The van der Waals surface area contributed by atoms with Crippen molar-refractivity contribution in [3.8, 4) is 0 Å². The van der Waals surface area contributed by atoms with Gasteiger partial charge in [-0.2, -0.15) is 0 Å². The lowest BCUT2D eigenvalue weighted by molar-refractivity contribution is -0.114. The maximum Gasteiger partial charge on any atom is 0.253 e. The molecule has 0 fully saturated rings. The van der Waals surface area contributed by atoms with E-state index in [1.807, 2.05) is 31.2 Å². The first-order valence-corrected chi connectivity index (χ1v) is 7.14. The van der Waals surface area contributed by atoms with E-state index in [0.29, 0.717) is 17.8 Å². The van der Waals surface area contributed by atoms with E-state index in [4.69, 9.17) is 0 Å². The Morgan fingerprint density at radius 3 is 2.41 bits per heavy atom. The van der Waals surface area contributed by atoms with E-state index in [0.717, 1.165) is 5.56 Å². The molecule has 114 valence electrons. The summed E-state index contributed by atoms with van der Waals surface area (Å²) in [5, 5.41) is 2.69. The monoisotopic (exact) mass is 296 g/mol. The fourth-order valence-electron chi connectivity index (χ4n) is 2.19. The third kappa shape index (κ3) is 4.19. The SMILES string of the molecule is CC(=O)Nc1cccc(C(=O)N(C)Cc2ccc(C)cc2)c1. The van der Waals surface area contributed by atoms with Crippen LogP contribution in [0.1, 0.15) is 28.4 Å². The molecule has 0 spiro atoms. The number of anilines is 1. The molecule has 2 rings (SSSR count). The first kappa shape index (κ1) is 15.8. The van der Waals surface area contributed by atoms with Gasteiger partial charge < -0.3 is 10.2 Å². The van der Waals surface area contributed by atoms with E-state index in [-0.39, 0.29) is 11.8 Å². The number of carbonyl (C=O) groups is 2. The van der Waals surface area contributed by atoms with Gasteiger partial charge in [0, 0.05) is 31.8 Å². The van der Waals surface area contributed by atoms with E-state index in [9.17, 15) is 9.59 Å². The lowest BCUT2D eigenvalue weighted by Crippen LogP contribution is -2.26. The van der Waals surface area contributed by atoms with Crippen molar-refractivity contribution in [2.75, 3.05) is 12.4 Å². The highest BCUT2D eigenvalue weighted by molar-refractivity contribution is 5.96. The summed E-state index contributed by atoms with van der Waals surface area (Å²) in [6, 6.07) is 15.1. The molecule has 4 nitrogen and oxygen atoms in total. The van der Waals surface area contributed by atoms with Gasteiger partial charge in [-0.25, -0.2) is 0 Å². The van der Waals surface area contributed by atoms with Crippen molar-refractivity contribution in [3.05, 3.63) is 65.2 Å². The summed E-state index contributed by atoms with van der Waals surface area (Å²) in [6.45, 7) is 4.02. The number of hydrogen-bond donors (Lipinski definition) is 1. The van der Waals surface area contributed by atoms with E-state index in [2.05, 4.69) is 5.32 Å². The van der Waals surface area contributed by atoms with Crippen LogP contribution in [-0.4, -0.2) is 23.8 Å². The van der Waals surface area contributed by atoms with Crippen LogP contribution in [0.25, 0.3) is 0 Å². The molecule has 2 amide bonds. The Bertz CT molecular complexity index is 678. The first-order valence-electron chi connectivity index (χ1n) is 7.14. The van der Waals surface area contributed by atoms with Crippen molar-refractivity contribution < 1.29 is 9.59 Å². The van der Waals surface area contributed by atoms with Crippen LogP contribution in [0.15, 0.2) is 48.5 Å². The first-order chi connectivity index (χ1) is 10.5. The molecule has 2 aromatic carbocycles. The van der Waals surface area contributed by atoms with Gasteiger partial charge in [0.2, 0.25) is 5.91 Å². The molecule has 0 heterocycles. The maximum absolute atomic E-state index is 12.5.